The largest absolute Gasteiger partial charge is 0.345 e. The van der Waals surface area contributed by atoms with E-state index in [0.29, 0.717) is 0 Å². The Balaban J connectivity index is 1.93. The molecule has 0 aromatic carbocycles. The summed E-state index contributed by atoms with van der Waals surface area (Å²) >= 11 is 1.47. The van der Waals surface area contributed by atoms with E-state index in [-0.39, 0.29) is 11.8 Å². The lowest BCUT2D eigenvalue weighted by Crippen LogP contribution is -2.40. The van der Waals surface area contributed by atoms with Crippen LogP contribution in [0.2, 0.25) is 0 Å². The topological polar surface area (TPSA) is 61.4 Å². The predicted octanol–water partition coefficient (Wildman–Crippen LogP) is 0.995. The van der Waals surface area contributed by atoms with E-state index < -0.39 is 0 Å². The van der Waals surface area contributed by atoms with Crippen molar-refractivity contribution in [3.05, 3.63) is 5.82 Å². The van der Waals surface area contributed by atoms with Gasteiger partial charge in [0.2, 0.25) is 11.0 Å². The first kappa shape index (κ1) is 16.2. The van der Waals surface area contributed by atoms with Crippen molar-refractivity contribution in [3.63, 3.8) is 0 Å². The minimum atomic E-state index is 0.0368. The van der Waals surface area contributed by atoms with E-state index in [1.807, 2.05) is 18.9 Å². The summed E-state index contributed by atoms with van der Waals surface area (Å²) in [7, 11) is 1.88. The molecule has 1 atom stereocenters. The lowest BCUT2D eigenvalue weighted by molar-refractivity contribution is -0.134. The quantitative estimate of drug-likeness (QED) is 0.879. The van der Waals surface area contributed by atoms with Gasteiger partial charge in [-0.05, 0) is 13.5 Å². The third-order valence-corrected chi connectivity index (χ3v) is 4.60. The monoisotopic (exact) mass is 311 g/mol. The molecular weight excluding hydrogens is 286 g/mol. The molecule has 1 aliphatic rings. The SMILES string of the molecule is CCc1nsc(N2CCCN(C(=O)C(C)CNC)CC2)n1. The van der Waals surface area contributed by atoms with Crippen molar-refractivity contribution in [2.45, 2.75) is 26.7 Å². The molecule has 1 amide bonds. The Labute approximate surface area is 130 Å². The second-order valence-corrected chi connectivity index (χ2v) is 6.20. The van der Waals surface area contributed by atoms with Crippen molar-refractivity contribution in [2.75, 3.05) is 44.7 Å². The molecule has 1 aromatic rings. The maximum absolute atomic E-state index is 12.4. The van der Waals surface area contributed by atoms with Crippen molar-refractivity contribution >= 4 is 22.6 Å². The van der Waals surface area contributed by atoms with Crippen LogP contribution < -0.4 is 10.2 Å². The highest BCUT2D eigenvalue weighted by molar-refractivity contribution is 7.09. The molecule has 2 heterocycles. The molecular formula is C14H25N5OS. The van der Waals surface area contributed by atoms with Crippen molar-refractivity contribution < 1.29 is 4.79 Å². The normalized spacial score (nSPS) is 17.7. The van der Waals surface area contributed by atoms with Crippen LogP contribution in [-0.4, -0.2) is 59.9 Å². The number of anilines is 1. The van der Waals surface area contributed by atoms with Crippen LogP contribution in [0.3, 0.4) is 0 Å². The van der Waals surface area contributed by atoms with Gasteiger partial charge in [0.1, 0.15) is 5.82 Å². The minimum absolute atomic E-state index is 0.0368. The number of hydrogen-bond acceptors (Lipinski definition) is 6. The second-order valence-electron chi connectivity index (χ2n) is 5.47. The summed E-state index contributed by atoms with van der Waals surface area (Å²) in [6, 6.07) is 0. The van der Waals surface area contributed by atoms with Crippen LogP contribution in [0.15, 0.2) is 0 Å². The van der Waals surface area contributed by atoms with E-state index in [9.17, 15) is 4.79 Å². The van der Waals surface area contributed by atoms with Gasteiger partial charge in [0, 0.05) is 56.6 Å². The first-order valence-corrected chi connectivity index (χ1v) is 8.44. The summed E-state index contributed by atoms with van der Waals surface area (Å²) in [5.41, 5.74) is 0. The Morgan fingerprint density at radius 1 is 1.38 bits per heavy atom. The molecule has 2 rings (SSSR count). The molecule has 1 fully saturated rings. The summed E-state index contributed by atoms with van der Waals surface area (Å²) in [4.78, 5) is 21.2. The zero-order valence-electron chi connectivity index (χ0n) is 13.1. The third-order valence-electron chi connectivity index (χ3n) is 3.78. The molecule has 1 saturated heterocycles. The first-order valence-electron chi connectivity index (χ1n) is 7.66. The summed E-state index contributed by atoms with van der Waals surface area (Å²) in [6.07, 6.45) is 1.86. The molecule has 6 nitrogen and oxygen atoms in total. The van der Waals surface area contributed by atoms with E-state index in [1.54, 1.807) is 0 Å². The van der Waals surface area contributed by atoms with Gasteiger partial charge in [-0.15, -0.1) is 0 Å². The van der Waals surface area contributed by atoms with Crippen molar-refractivity contribution in [2.24, 2.45) is 5.92 Å². The number of aromatic nitrogens is 2. The van der Waals surface area contributed by atoms with Crippen LogP contribution in [-0.2, 0) is 11.2 Å². The molecule has 0 radical (unpaired) electrons. The van der Waals surface area contributed by atoms with Crippen LogP contribution in [0.1, 0.15) is 26.1 Å². The van der Waals surface area contributed by atoms with E-state index in [0.717, 1.165) is 56.5 Å². The van der Waals surface area contributed by atoms with E-state index in [4.69, 9.17) is 0 Å². The standard InChI is InChI=1S/C14H25N5OS/c1-4-12-16-14(21-17-12)19-7-5-6-18(8-9-19)13(20)11(2)10-15-3/h11,15H,4-10H2,1-3H3. The average molecular weight is 311 g/mol. The van der Waals surface area contributed by atoms with E-state index in [1.165, 1.54) is 11.5 Å². The van der Waals surface area contributed by atoms with Crippen molar-refractivity contribution in [3.8, 4) is 0 Å². The van der Waals surface area contributed by atoms with Gasteiger partial charge in [0.05, 0.1) is 0 Å². The third kappa shape index (κ3) is 4.14. The van der Waals surface area contributed by atoms with Crippen molar-refractivity contribution in [1.29, 1.82) is 0 Å². The lowest BCUT2D eigenvalue weighted by atomic mass is 10.1. The van der Waals surface area contributed by atoms with E-state index >= 15 is 0 Å². The van der Waals surface area contributed by atoms with Gasteiger partial charge < -0.3 is 15.1 Å². The molecule has 1 aliphatic heterocycles. The molecule has 7 heteroatoms. The highest BCUT2D eigenvalue weighted by Crippen LogP contribution is 2.19. The number of nitrogens with one attached hydrogen (secondary N) is 1. The fourth-order valence-corrected chi connectivity index (χ4v) is 3.35. The fraction of sp³-hybridized carbons (Fsp3) is 0.786. The van der Waals surface area contributed by atoms with Gasteiger partial charge in [-0.2, -0.15) is 4.37 Å². The van der Waals surface area contributed by atoms with Crippen molar-refractivity contribution in [1.82, 2.24) is 19.6 Å². The highest BCUT2D eigenvalue weighted by Gasteiger charge is 2.24. The zero-order chi connectivity index (χ0) is 15.2. The second kappa shape index (κ2) is 7.70. The van der Waals surface area contributed by atoms with Crippen LogP contribution >= 0.6 is 11.5 Å². The van der Waals surface area contributed by atoms with Gasteiger partial charge in [-0.1, -0.05) is 13.8 Å². The molecule has 1 aromatic heterocycles. The Kier molecular flexibility index (Phi) is 5.93. The summed E-state index contributed by atoms with van der Waals surface area (Å²) in [5.74, 6) is 1.20. The highest BCUT2D eigenvalue weighted by atomic mass is 32.1. The van der Waals surface area contributed by atoms with Gasteiger partial charge in [-0.25, -0.2) is 4.98 Å². The Morgan fingerprint density at radius 2 is 2.19 bits per heavy atom. The number of nitrogens with zero attached hydrogens (tertiary/aromatic N) is 4. The smallest absolute Gasteiger partial charge is 0.226 e. The number of carbonyl (C=O) groups excluding carboxylic acids is 1. The number of hydrogen-bond donors (Lipinski definition) is 1. The van der Waals surface area contributed by atoms with Crippen LogP contribution in [0, 0.1) is 5.92 Å². The fourth-order valence-electron chi connectivity index (χ4n) is 2.55. The maximum Gasteiger partial charge on any atom is 0.226 e. The maximum atomic E-state index is 12.4. The number of rotatable bonds is 5. The number of carbonyl (C=O) groups is 1. The Hall–Kier alpha value is -1.21. The molecule has 0 saturated carbocycles. The molecule has 118 valence electrons. The zero-order valence-corrected chi connectivity index (χ0v) is 13.9. The van der Waals surface area contributed by atoms with Gasteiger partial charge in [0.15, 0.2) is 0 Å². The summed E-state index contributed by atoms with van der Waals surface area (Å²) in [5, 5.41) is 4.06. The molecule has 0 bridgehead atoms. The Morgan fingerprint density at radius 3 is 2.86 bits per heavy atom. The van der Waals surface area contributed by atoms with Crippen LogP contribution in [0.5, 0.6) is 0 Å². The number of amides is 1. The summed E-state index contributed by atoms with van der Waals surface area (Å²) < 4.78 is 4.35. The Bertz CT molecular complexity index is 464. The molecule has 1 N–H and O–H groups in total. The molecule has 0 spiro atoms. The first-order chi connectivity index (χ1) is 10.2. The van der Waals surface area contributed by atoms with Gasteiger partial charge >= 0.3 is 0 Å². The molecule has 21 heavy (non-hydrogen) atoms. The molecule has 0 aliphatic carbocycles. The minimum Gasteiger partial charge on any atom is -0.345 e. The summed E-state index contributed by atoms with van der Waals surface area (Å²) in [6.45, 7) is 8.18. The lowest BCUT2D eigenvalue weighted by Gasteiger charge is -2.24. The molecule has 1 unspecified atom stereocenters. The predicted molar refractivity (Wildman–Crippen MR) is 85.8 cm³/mol. The van der Waals surface area contributed by atoms with Crippen LogP contribution in [0.25, 0.3) is 0 Å². The van der Waals surface area contributed by atoms with Gasteiger partial charge in [0.25, 0.3) is 0 Å². The number of aryl methyl sites for hydroxylation is 1. The van der Waals surface area contributed by atoms with Gasteiger partial charge in [-0.3, -0.25) is 4.79 Å². The van der Waals surface area contributed by atoms with E-state index in [2.05, 4.69) is 26.5 Å². The average Bonchev–Trinajstić information content (AvgIpc) is 2.84. The van der Waals surface area contributed by atoms with Crippen LogP contribution in [0.4, 0.5) is 5.13 Å².